The Bertz CT molecular complexity index is 465. The smallest absolute Gasteiger partial charge is 0.255 e. The number of nitrogens with zero attached hydrogens (tertiary/aromatic N) is 1. The minimum atomic E-state index is 0.0468. The van der Waals surface area contributed by atoms with E-state index in [4.69, 9.17) is 11.6 Å². The molecule has 0 N–H and O–H groups in total. The molecule has 1 aromatic rings. The fourth-order valence-corrected chi connectivity index (χ4v) is 3.68. The van der Waals surface area contributed by atoms with Gasteiger partial charge >= 0.3 is 0 Å². The van der Waals surface area contributed by atoms with Crippen LogP contribution in [0.2, 0.25) is 5.02 Å². The average molecular weight is 410 g/mol. The Morgan fingerprint density at radius 3 is 3.00 bits per heavy atom. The summed E-state index contributed by atoms with van der Waals surface area (Å²) < 4.78 is 0.884. The predicted octanol–water partition coefficient (Wildman–Crippen LogP) is 4.74. The molecule has 2 rings (SSSR count). The lowest BCUT2D eigenvalue weighted by Gasteiger charge is -2.32. The van der Waals surface area contributed by atoms with Gasteiger partial charge in [0.2, 0.25) is 0 Å². The molecule has 0 bridgehead atoms. The van der Waals surface area contributed by atoms with Crippen LogP contribution in [-0.4, -0.2) is 29.2 Å². The van der Waals surface area contributed by atoms with E-state index in [9.17, 15) is 4.79 Å². The Labute approximate surface area is 135 Å². The number of hydrogen-bond acceptors (Lipinski definition) is 1. The van der Waals surface area contributed by atoms with Gasteiger partial charge in [-0.25, -0.2) is 0 Å². The summed E-state index contributed by atoms with van der Waals surface area (Å²) in [5, 5.41) is 1.52. The third-order valence-corrected chi connectivity index (χ3v) is 4.76. The first-order valence-electron chi connectivity index (χ1n) is 6.42. The Hall–Kier alpha value is -0.0600. The summed E-state index contributed by atoms with van der Waals surface area (Å²) in [6.07, 6.45) is 3.41. The highest BCUT2D eigenvalue weighted by Gasteiger charge is 2.25. The van der Waals surface area contributed by atoms with Gasteiger partial charge in [-0.05, 0) is 43.4 Å². The van der Waals surface area contributed by atoms with Crippen LogP contribution in [0.25, 0.3) is 0 Å². The molecule has 1 unspecified atom stereocenters. The normalized spacial score (nSPS) is 19.5. The van der Waals surface area contributed by atoms with Gasteiger partial charge in [-0.15, -0.1) is 0 Å². The number of halogens is 3. The number of hydrogen-bond donors (Lipinski definition) is 0. The summed E-state index contributed by atoms with van der Waals surface area (Å²) in [6.45, 7) is 1.67. The van der Waals surface area contributed by atoms with Crippen LogP contribution in [0.15, 0.2) is 22.7 Å². The third-order valence-electron chi connectivity index (χ3n) is 3.48. The van der Waals surface area contributed by atoms with E-state index in [1.165, 1.54) is 6.42 Å². The van der Waals surface area contributed by atoms with Crippen molar-refractivity contribution in [2.24, 2.45) is 5.92 Å². The van der Waals surface area contributed by atoms with Gasteiger partial charge in [-0.3, -0.25) is 4.79 Å². The maximum absolute atomic E-state index is 12.5. The van der Waals surface area contributed by atoms with Crippen LogP contribution >= 0.6 is 43.5 Å². The zero-order valence-electron chi connectivity index (χ0n) is 10.5. The van der Waals surface area contributed by atoms with Crippen LogP contribution in [0.1, 0.15) is 29.6 Å². The minimum Gasteiger partial charge on any atom is -0.338 e. The molecule has 0 aliphatic carbocycles. The Kier molecular flexibility index (Phi) is 5.72. The number of benzene rings is 1. The van der Waals surface area contributed by atoms with Gasteiger partial charge in [0.05, 0.1) is 10.6 Å². The van der Waals surface area contributed by atoms with Crippen molar-refractivity contribution in [1.82, 2.24) is 4.90 Å². The van der Waals surface area contributed by atoms with Gasteiger partial charge in [0.1, 0.15) is 0 Å². The maximum Gasteiger partial charge on any atom is 0.255 e. The lowest BCUT2D eigenvalue weighted by atomic mass is 9.95. The van der Waals surface area contributed by atoms with Crippen molar-refractivity contribution >= 4 is 49.4 Å². The van der Waals surface area contributed by atoms with Crippen molar-refractivity contribution in [2.45, 2.75) is 19.3 Å². The first-order chi connectivity index (χ1) is 9.11. The number of rotatable bonds is 3. The zero-order chi connectivity index (χ0) is 13.8. The topological polar surface area (TPSA) is 20.3 Å². The van der Waals surface area contributed by atoms with Gasteiger partial charge < -0.3 is 4.90 Å². The van der Waals surface area contributed by atoms with E-state index in [2.05, 4.69) is 31.9 Å². The molecule has 1 saturated heterocycles. The Morgan fingerprint density at radius 1 is 1.47 bits per heavy atom. The summed E-state index contributed by atoms with van der Waals surface area (Å²) >= 11 is 13.0. The fraction of sp³-hybridized carbons (Fsp3) is 0.500. The molecular weight excluding hydrogens is 393 g/mol. The second kappa shape index (κ2) is 7.09. The van der Waals surface area contributed by atoms with E-state index >= 15 is 0 Å². The molecule has 1 heterocycles. The van der Waals surface area contributed by atoms with Crippen molar-refractivity contribution in [3.8, 4) is 0 Å². The highest BCUT2D eigenvalue weighted by Crippen LogP contribution is 2.26. The quantitative estimate of drug-likeness (QED) is 0.661. The molecule has 2 nitrogen and oxygen atoms in total. The molecule has 1 atom stereocenters. The first kappa shape index (κ1) is 15.3. The predicted molar refractivity (Wildman–Crippen MR) is 86.2 cm³/mol. The summed E-state index contributed by atoms with van der Waals surface area (Å²) in [4.78, 5) is 14.5. The van der Waals surface area contributed by atoms with Gasteiger partial charge in [0.25, 0.3) is 5.91 Å². The van der Waals surface area contributed by atoms with E-state index in [1.54, 1.807) is 12.1 Å². The monoisotopic (exact) mass is 407 g/mol. The van der Waals surface area contributed by atoms with Crippen LogP contribution in [0.3, 0.4) is 0 Å². The third kappa shape index (κ3) is 3.96. The van der Waals surface area contributed by atoms with Crippen molar-refractivity contribution in [1.29, 1.82) is 0 Å². The molecule has 0 aromatic heterocycles. The highest BCUT2D eigenvalue weighted by atomic mass is 79.9. The van der Waals surface area contributed by atoms with Gasteiger partial charge in [-0.2, -0.15) is 0 Å². The van der Waals surface area contributed by atoms with Crippen molar-refractivity contribution in [3.05, 3.63) is 33.3 Å². The summed E-state index contributed by atoms with van der Waals surface area (Å²) in [6, 6.07) is 5.42. The molecule has 0 saturated carbocycles. The molecule has 5 heteroatoms. The zero-order valence-corrected chi connectivity index (χ0v) is 14.5. The van der Waals surface area contributed by atoms with E-state index in [0.29, 0.717) is 16.5 Å². The summed E-state index contributed by atoms with van der Waals surface area (Å²) in [5.41, 5.74) is 0.593. The summed E-state index contributed by atoms with van der Waals surface area (Å²) in [5.74, 6) is 0.647. The van der Waals surface area contributed by atoms with E-state index in [-0.39, 0.29) is 5.91 Å². The lowest BCUT2D eigenvalue weighted by molar-refractivity contribution is 0.0672. The number of carbonyl (C=O) groups excluding carboxylic acids is 1. The lowest BCUT2D eigenvalue weighted by Crippen LogP contribution is -2.40. The van der Waals surface area contributed by atoms with Crippen LogP contribution in [0.4, 0.5) is 0 Å². The molecular formula is C14H16Br2ClNO. The molecule has 1 aliphatic rings. The molecule has 1 amide bonds. The largest absolute Gasteiger partial charge is 0.338 e. The molecule has 104 valence electrons. The van der Waals surface area contributed by atoms with Gasteiger partial charge in [0, 0.05) is 22.9 Å². The second-order valence-corrected chi connectivity index (χ2v) is 6.98. The van der Waals surface area contributed by atoms with Gasteiger partial charge in [0.15, 0.2) is 0 Å². The van der Waals surface area contributed by atoms with E-state index < -0.39 is 0 Å². The summed E-state index contributed by atoms with van der Waals surface area (Å²) in [7, 11) is 0. The minimum absolute atomic E-state index is 0.0468. The molecule has 0 radical (unpaired) electrons. The molecule has 1 aromatic carbocycles. The Morgan fingerprint density at radius 2 is 2.26 bits per heavy atom. The standard InChI is InChI=1S/C14H16Br2ClNO/c15-6-5-10-2-1-7-18(9-10)14(19)12-8-11(16)3-4-13(12)17/h3-4,8,10H,1-2,5-7,9H2. The number of amides is 1. The van der Waals surface area contributed by atoms with Crippen LogP contribution in [-0.2, 0) is 0 Å². The maximum atomic E-state index is 12.5. The fourth-order valence-electron chi connectivity index (χ4n) is 2.47. The van der Waals surface area contributed by atoms with Crippen LogP contribution in [0.5, 0.6) is 0 Å². The highest BCUT2D eigenvalue weighted by molar-refractivity contribution is 9.10. The number of likely N-dealkylation sites (tertiary alicyclic amines) is 1. The van der Waals surface area contributed by atoms with E-state index in [0.717, 1.165) is 35.7 Å². The first-order valence-corrected chi connectivity index (χ1v) is 8.71. The Balaban J connectivity index is 2.12. The van der Waals surface area contributed by atoms with Crippen molar-refractivity contribution in [3.63, 3.8) is 0 Å². The van der Waals surface area contributed by atoms with Gasteiger partial charge in [-0.1, -0.05) is 43.5 Å². The van der Waals surface area contributed by atoms with Crippen molar-refractivity contribution < 1.29 is 4.79 Å². The number of alkyl halides is 1. The average Bonchev–Trinajstić information content (AvgIpc) is 2.41. The molecule has 0 spiro atoms. The second-order valence-electron chi connectivity index (χ2n) is 4.86. The SMILES string of the molecule is O=C(c1cc(Br)ccc1Cl)N1CCCC(CCBr)C1. The number of carbonyl (C=O) groups is 1. The van der Waals surface area contributed by atoms with Crippen molar-refractivity contribution in [2.75, 3.05) is 18.4 Å². The number of piperidine rings is 1. The van der Waals surface area contributed by atoms with E-state index in [1.807, 2.05) is 11.0 Å². The molecule has 1 fully saturated rings. The molecule has 19 heavy (non-hydrogen) atoms. The van der Waals surface area contributed by atoms with Crippen LogP contribution < -0.4 is 0 Å². The molecule has 1 aliphatic heterocycles. The van der Waals surface area contributed by atoms with Crippen LogP contribution in [0, 0.1) is 5.92 Å².